The fourth-order valence-electron chi connectivity index (χ4n) is 2.75. The lowest BCUT2D eigenvalue weighted by Gasteiger charge is -2.26. The minimum atomic E-state index is -1.69. The van der Waals surface area contributed by atoms with Gasteiger partial charge in [0.1, 0.15) is 17.8 Å². The van der Waals surface area contributed by atoms with Gasteiger partial charge in [0, 0.05) is 32.9 Å². The molecule has 2 N–H and O–H groups in total. The van der Waals surface area contributed by atoms with Gasteiger partial charge in [0.2, 0.25) is 6.41 Å². The Morgan fingerprint density at radius 2 is 1.86 bits per heavy atom. The van der Waals surface area contributed by atoms with Gasteiger partial charge in [0.25, 0.3) is 5.91 Å². The summed E-state index contributed by atoms with van der Waals surface area (Å²) in [6.45, 7) is 4.59. The van der Waals surface area contributed by atoms with Gasteiger partial charge in [-0.05, 0) is 18.1 Å². The lowest BCUT2D eigenvalue weighted by molar-refractivity contribution is -0.143. The summed E-state index contributed by atoms with van der Waals surface area (Å²) in [6.07, 6.45) is 4.81. The maximum Gasteiger partial charge on any atom is 0.320 e. The summed E-state index contributed by atoms with van der Waals surface area (Å²) >= 11 is 6.43. The molecular weight excluding hydrogens is 509 g/mol. The Kier molecular flexibility index (Phi) is 16.7. The zero-order valence-corrected chi connectivity index (χ0v) is 22.9. The molecule has 2 amide bonds. The standard InChI is InChI=1S/C24H37ClN3O7P/c1-5-19(6-2)16-33-24(31)15-27-36(35-20-10-8-7-9-11-20)34-17-21(32-4)14-22(25)28(3)13-12-23(30)26-18-29/h7-13,18-19,21-22,27H,5-6,14-17H2,1-4H3,(H,26,29,30)/b13-12-. The average molecular weight is 546 g/mol. The Morgan fingerprint density at radius 1 is 1.17 bits per heavy atom. The first-order valence-electron chi connectivity index (χ1n) is 11.7. The molecule has 1 rings (SSSR count). The van der Waals surface area contributed by atoms with Crippen LogP contribution in [0.4, 0.5) is 0 Å². The van der Waals surface area contributed by atoms with Crippen LogP contribution in [0.25, 0.3) is 0 Å². The van der Waals surface area contributed by atoms with Crippen molar-refractivity contribution in [3.05, 3.63) is 42.6 Å². The second-order valence-corrected chi connectivity index (χ2v) is 9.57. The fraction of sp³-hybridized carbons (Fsp3) is 0.542. The highest BCUT2D eigenvalue weighted by molar-refractivity contribution is 7.45. The van der Waals surface area contributed by atoms with Gasteiger partial charge in [0.15, 0.2) is 0 Å². The highest BCUT2D eigenvalue weighted by Gasteiger charge is 2.22. The van der Waals surface area contributed by atoms with Crippen molar-refractivity contribution in [3.63, 3.8) is 0 Å². The molecule has 202 valence electrons. The molecule has 12 heteroatoms. The molecule has 3 unspecified atom stereocenters. The van der Waals surface area contributed by atoms with E-state index in [1.807, 2.05) is 23.5 Å². The van der Waals surface area contributed by atoms with Crippen molar-refractivity contribution in [1.82, 2.24) is 15.3 Å². The van der Waals surface area contributed by atoms with E-state index in [1.54, 1.807) is 24.1 Å². The van der Waals surface area contributed by atoms with Crippen molar-refractivity contribution >= 4 is 38.4 Å². The summed E-state index contributed by atoms with van der Waals surface area (Å²) < 4.78 is 22.7. The molecule has 1 aromatic rings. The third-order valence-corrected chi connectivity index (χ3v) is 6.85. The number of imide groups is 1. The molecule has 0 aromatic heterocycles. The second-order valence-electron chi connectivity index (χ2n) is 7.79. The third-order valence-electron chi connectivity index (χ3n) is 5.19. The molecular formula is C24H37ClN3O7P. The number of carbonyl (C=O) groups excluding carboxylic acids is 3. The largest absolute Gasteiger partial charge is 0.464 e. The first kappa shape index (κ1) is 31.8. The van der Waals surface area contributed by atoms with E-state index in [0.29, 0.717) is 31.1 Å². The Hall–Kier alpha value is -2.23. The first-order valence-corrected chi connectivity index (χ1v) is 13.3. The molecule has 0 saturated heterocycles. The molecule has 0 radical (unpaired) electrons. The van der Waals surface area contributed by atoms with Crippen molar-refractivity contribution in [3.8, 4) is 5.75 Å². The SMILES string of the molecule is CCC(CC)COC(=O)CNP(OCC(CC(Cl)N(C)/C=C\C(=O)NC=O)OC)Oc1ccccc1. The van der Waals surface area contributed by atoms with Gasteiger partial charge < -0.3 is 23.4 Å². The van der Waals surface area contributed by atoms with Gasteiger partial charge in [-0.25, -0.2) is 5.09 Å². The Labute approximate surface area is 219 Å². The van der Waals surface area contributed by atoms with Gasteiger partial charge in [-0.1, -0.05) is 56.5 Å². The number of nitrogens with one attached hydrogen (secondary N) is 2. The zero-order chi connectivity index (χ0) is 26.8. The van der Waals surface area contributed by atoms with Gasteiger partial charge in [-0.15, -0.1) is 0 Å². The lowest BCUT2D eigenvalue weighted by Crippen LogP contribution is -2.31. The van der Waals surface area contributed by atoms with Crippen LogP contribution >= 0.6 is 20.1 Å². The molecule has 0 fully saturated rings. The van der Waals surface area contributed by atoms with E-state index in [0.717, 1.165) is 12.8 Å². The van der Waals surface area contributed by atoms with Crippen LogP contribution in [0.2, 0.25) is 0 Å². The van der Waals surface area contributed by atoms with E-state index < -0.39 is 26.0 Å². The van der Waals surface area contributed by atoms with Crippen molar-refractivity contribution in [2.24, 2.45) is 5.92 Å². The maximum absolute atomic E-state index is 12.2. The highest BCUT2D eigenvalue weighted by Crippen LogP contribution is 2.35. The number of carbonyl (C=O) groups is 3. The van der Waals surface area contributed by atoms with Crippen LogP contribution < -0.4 is 14.9 Å². The second kappa shape index (κ2) is 19.0. The number of hydrogen-bond donors (Lipinski definition) is 2. The van der Waals surface area contributed by atoms with Crippen molar-refractivity contribution in [1.29, 1.82) is 0 Å². The summed E-state index contributed by atoms with van der Waals surface area (Å²) in [7, 11) is 1.54. The molecule has 0 aliphatic carbocycles. The molecule has 0 aliphatic heterocycles. The molecule has 3 atom stereocenters. The molecule has 10 nitrogen and oxygen atoms in total. The van der Waals surface area contributed by atoms with Gasteiger partial charge in [-0.3, -0.25) is 19.7 Å². The quantitative estimate of drug-likeness (QED) is 0.0672. The van der Waals surface area contributed by atoms with Gasteiger partial charge in [0.05, 0.1) is 19.3 Å². The van der Waals surface area contributed by atoms with E-state index >= 15 is 0 Å². The molecule has 0 spiro atoms. The van der Waals surface area contributed by atoms with E-state index in [4.69, 9.17) is 30.1 Å². The summed E-state index contributed by atoms with van der Waals surface area (Å²) in [5.41, 5.74) is -0.520. The number of halogens is 1. The smallest absolute Gasteiger partial charge is 0.320 e. The van der Waals surface area contributed by atoms with E-state index in [2.05, 4.69) is 18.9 Å². The van der Waals surface area contributed by atoms with E-state index in [1.165, 1.54) is 19.4 Å². The third kappa shape index (κ3) is 13.8. The van der Waals surface area contributed by atoms with Gasteiger partial charge in [-0.2, -0.15) is 0 Å². The van der Waals surface area contributed by atoms with Crippen molar-refractivity contribution < 1.29 is 32.9 Å². The van der Waals surface area contributed by atoms with Crippen LogP contribution in [0, 0.1) is 5.92 Å². The number of rotatable bonds is 19. The maximum atomic E-state index is 12.2. The predicted octanol–water partition coefficient (Wildman–Crippen LogP) is 3.57. The molecule has 0 bridgehead atoms. The fourth-order valence-corrected chi connectivity index (χ4v) is 4.09. The van der Waals surface area contributed by atoms with E-state index in [9.17, 15) is 14.4 Å². The summed E-state index contributed by atoms with van der Waals surface area (Å²) in [6, 6.07) is 9.11. The van der Waals surface area contributed by atoms with Crippen LogP contribution in [0.1, 0.15) is 33.1 Å². The number of methoxy groups -OCH3 is 1. The van der Waals surface area contributed by atoms with E-state index in [-0.39, 0.29) is 19.1 Å². The summed E-state index contributed by atoms with van der Waals surface area (Å²) in [4.78, 5) is 35.5. The van der Waals surface area contributed by atoms with Crippen LogP contribution in [0.5, 0.6) is 5.75 Å². The first-order chi connectivity index (χ1) is 17.3. The topological polar surface area (TPSA) is 115 Å². The number of para-hydroxylation sites is 1. The number of alkyl halides is 1. The Balaban J connectivity index is 2.66. The Bertz CT molecular complexity index is 799. The number of benzene rings is 1. The van der Waals surface area contributed by atoms with Crippen LogP contribution in [-0.2, 0) is 28.4 Å². The number of ether oxygens (including phenoxy) is 2. The number of esters is 1. The van der Waals surface area contributed by atoms with Crippen molar-refractivity contribution in [2.45, 2.75) is 44.7 Å². The number of hydrogen-bond acceptors (Lipinski definition) is 9. The highest BCUT2D eigenvalue weighted by atomic mass is 35.5. The monoisotopic (exact) mass is 545 g/mol. The zero-order valence-electron chi connectivity index (χ0n) is 21.2. The minimum Gasteiger partial charge on any atom is -0.464 e. The normalized spacial score (nSPS) is 13.7. The summed E-state index contributed by atoms with van der Waals surface area (Å²) in [5, 5.41) is 5.00. The van der Waals surface area contributed by atoms with Crippen LogP contribution in [0.15, 0.2) is 42.6 Å². The van der Waals surface area contributed by atoms with Crippen molar-refractivity contribution in [2.75, 3.05) is 33.9 Å². The number of amides is 2. The molecule has 0 aliphatic rings. The van der Waals surface area contributed by atoms with Crippen LogP contribution in [-0.4, -0.2) is 68.7 Å². The molecule has 36 heavy (non-hydrogen) atoms. The molecule has 0 saturated carbocycles. The Morgan fingerprint density at radius 3 is 2.47 bits per heavy atom. The average Bonchev–Trinajstić information content (AvgIpc) is 2.89. The van der Waals surface area contributed by atoms with Gasteiger partial charge >= 0.3 is 14.5 Å². The molecule has 1 aromatic carbocycles. The molecule has 0 heterocycles. The summed E-state index contributed by atoms with van der Waals surface area (Å²) in [5.74, 6) is -0.0128. The minimum absolute atomic E-state index is 0.0646. The van der Waals surface area contributed by atoms with Crippen LogP contribution in [0.3, 0.4) is 0 Å². The predicted molar refractivity (Wildman–Crippen MR) is 139 cm³/mol. The number of nitrogens with zero attached hydrogens (tertiary/aromatic N) is 1. The lowest BCUT2D eigenvalue weighted by atomic mass is 10.1.